The van der Waals surface area contributed by atoms with Crippen LogP contribution >= 0.6 is 0 Å². The Balaban J connectivity index is 1.51. The quantitative estimate of drug-likeness (QED) is 0.267. The maximum absolute atomic E-state index is 2.37. The van der Waals surface area contributed by atoms with Crippen molar-refractivity contribution in [3.63, 3.8) is 0 Å². The molecule has 0 N–H and O–H groups in total. The van der Waals surface area contributed by atoms with Crippen LogP contribution in [0.3, 0.4) is 0 Å². The van der Waals surface area contributed by atoms with Gasteiger partial charge in [0.05, 0.1) is 0 Å². The predicted octanol–water partition coefficient (Wildman–Crippen LogP) is 6.61. The summed E-state index contributed by atoms with van der Waals surface area (Å²) >= 11 is -1.11. The van der Waals surface area contributed by atoms with E-state index < -0.39 is 22.9 Å². The average Bonchev–Trinajstić information content (AvgIpc) is 3.23. The number of hydrogen-bond donors (Lipinski definition) is 0. The molecule has 4 aromatic rings. The second-order valence-corrected chi connectivity index (χ2v) is 12.7. The number of benzene rings is 4. The number of fused-ring (bicyclic) bond motifs is 6. The van der Waals surface area contributed by atoms with Crippen LogP contribution < -0.4 is 0 Å². The summed E-state index contributed by atoms with van der Waals surface area (Å²) in [6.45, 7) is 0. The van der Waals surface area contributed by atoms with Gasteiger partial charge in [0.25, 0.3) is 0 Å². The first-order valence-corrected chi connectivity index (χ1v) is 13.7. The van der Waals surface area contributed by atoms with Crippen molar-refractivity contribution in [2.45, 2.75) is 7.35 Å². The number of rotatable bonds is 2. The minimum atomic E-state index is -1.11. The van der Waals surface area contributed by atoms with Crippen LogP contribution in [0, 0.1) is 0 Å². The van der Waals surface area contributed by atoms with Crippen molar-refractivity contribution in [1.82, 2.24) is 0 Å². The van der Waals surface area contributed by atoms with E-state index in [1.54, 1.807) is 22.3 Å². The van der Waals surface area contributed by atoms with E-state index in [1.807, 2.05) is 0 Å². The normalized spacial score (nSPS) is 14.4. The van der Waals surface area contributed by atoms with Gasteiger partial charge in [0.1, 0.15) is 0 Å². The summed E-state index contributed by atoms with van der Waals surface area (Å²) in [5.41, 5.74) is 12.1. The molecule has 0 unspecified atom stereocenters. The summed E-state index contributed by atoms with van der Waals surface area (Å²) < 4.78 is 1.31. The van der Waals surface area contributed by atoms with Crippen LogP contribution in [0.2, 0.25) is 0 Å². The zero-order chi connectivity index (χ0) is 17.8. The van der Waals surface area contributed by atoms with E-state index in [0.717, 1.165) is 0 Å². The molecule has 0 bridgehead atoms. The Labute approximate surface area is 171 Å². The third kappa shape index (κ3) is 2.31. The Morgan fingerprint density at radius 2 is 0.630 bits per heavy atom. The molecule has 6 rings (SSSR count). The van der Waals surface area contributed by atoms with Crippen LogP contribution in [0.1, 0.15) is 29.6 Å². The molecule has 0 radical (unpaired) electrons. The monoisotopic (exact) mass is 510 g/mol. The van der Waals surface area contributed by atoms with Crippen LogP contribution in [-0.4, -0.2) is 0 Å². The molecule has 0 nitrogen and oxygen atoms in total. The molecule has 1 heteroatoms. The first-order valence-electron chi connectivity index (χ1n) is 9.54. The zero-order valence-corrected chi connectivity index (χ0v) is 18.5. The Morgan fingerprint density at radius 1 is 0.370 bits per heavy atom. The third-order valence-corrected chi connectivity index (χ3v) is 12.9. The van der Waals surface area contributed by atoms with Gasteiger partial charge in [-0.3, -0.25) is 0 Å². The Bertz CT molecular complexity index is 990. The van der Waals surface area contributed by atoms with Gasteiger partial charge in [0.15, 0.2) is 0 Å². The van der Waals surface area contributed by atoms with Crippen LogP contribution in [-0.2, 0) is 22.9 Å². The van der Waals surface area contributed by atoms with Crippen molar-refractivity contribution < 1.29 is 22.9 Å². The topological polar surface area (TPSA) is 0 Å². The van der Waals surface area contributed by atoms with E-state index in [0.29, 0.717) is 7.35 Å². The molecule has 0 fully saturated rings. The van der Waals surface area contributed by atoms with Crippen LogP contribution in [0.15, 0.2) is 97.1 Å². The van der Waals surface area contributed by atoms with Gasteiger partial charge in [-0.05, 0) is 0 Å². The fraction of sp³-hybridized carbons (Fsp3) is 0.0769. The Hall–Kier alpha value is -2.25. The SMILES string of the molecule is c1ccc2c(c1)-c1ccccc1[CH]2[Hf][CH]1c2ccccc2-c2ccccc21. The molecule has 2 aliphatic carbocycles. The second-order valence-electron chi connectivity index (χ2n) is 7.38. The summed E-state index contributed by atoms with van der Waals surface area (Å²) in [5, 5.41) is 0. The van der Waals surface area contributed by atoms with Gasteiger partial charge >= 0.3 is 172 Å². The van der Waals surface area contributed by atoms with Crippen LogP contribution in [0.25, 0.3) is 22.3 Å². The van der Waals surface area contributed by atoms with Gasteiger partial charge in [0.2, 0.25) is 0 Å². The van der Waals surface area contributed by atoms with Crippen LogP contribution in [0.4, 0.5) is 0 Å². The molecule has 4 aromatic carbocycles. The van der Waals surface area contributed by atoms with E-state index in [4.69, 9.17) is 0 Å². The molecule has 0 amide bonds. The van der Waals surface area contributed by atoms with E-state index >= 15 is 0 Å². The summed E-state index contributed by atoms with van der Waals surface area (Å²) in [6.07, 6.45) is 0. The van der Waals surface area contributed by atoms with E-state index in [1.165, 1.54) is 22.3 Å². The van der Waals surface area contributed by atoms with E-state index in [9.17, 15) is 0 Å². The van der Waals surface area contributed by atoms with E-state index in [2.05, 4.69) is 97.1 Å². The molecule has 0 atom stereocenters. The van der Waals surface area contributed by atoms with Crippen molar-refractivity contribution in [3.8, 4) is 22.3 Å². The van der Waals surface area contributed by atoms with Crippen molar-refractivity contribution in [2.75, 3.05) is 0 Å². The van der Waals surface area contributed by atoms with Crippen molar-refractivity contribution in [2.24, 2.45) is 0 Å². The van der Waals surface area contributed by atoms with Gasteiger partial charge in [-0.15, -0.1) is 0 Å². The fourth-order valence-corrected chi connectivity index (χ4v) is 12.2. The van der Waals surface area contributed by atoms with Gasteiger partial charge in [-0.1, -0.05) is 0 Å². The molecule has 0 saturated carbocycles. The van der Waals surface area contributed by atoms with E-state index in [-0.39, 0.29) is 0 Å². The first kappa shape index (κ1) is 15.8. The molecular formula is C26H18Hf. The standard InChI is InChI=1S/2C13H9.Hf/c2*1-3-7-12-10(5-1)9-11-6-2-4-8-13(11)12;/h2*1-9H;. The maximum atomic E-state index is 2.37. The van der Waals surface area contributed by atoms with Crippen molar-refractivity contribution >= 4 is 0 Å². The van der Waals surface area contributed by atoms with Gasteiger partial charge in [0, 0.05) is 0 Å². The van der Waals surface area contributed by atoms with Crippen molar-refractivity contribution in [3.05, 3.63) is 119 Å². The molecule has 126 valence electrons. The minimum absolute atomic E-state index is 0.654. The first-order chi connectivity index (χ1) is 13.4. The number of hydrogen-bond acceptors (Lipinski definition) is 0. The Kier molecular flexibility index (Phi) is 3.59. The van der Waals surface area contributed by atoms with Gasteiger partial charge in [-0.25, -0.2) is 0 Å². The second kappa shape index (κ2) is 6.14. The molecule has 0 saturated heterocycles. The zero-order valence-electron chi connectivity index (χ0n) is 14.9. The molecular weight excluding hydrogens is 491 g/mol. The fourth-order valence-electron chi connectivity index (χ4n) is 4.84. The van der Waals surface area contributed by atoms with Crippen molar-refractivity contribution in [1.29, 1.82) is 0 Å². The summed E-state index contributed by atoms with van der Waals surface area (Å²) in [4.78, 5) is 0. The average molecular weight is 509 g/mol. The summed E-state index contributed by atoms with van der Waals surface area (Å²) in [5.74, 6) is 0. The summed E-state index contributed by atoms with van der Waals surface area (Å²) in [7, 11) is 0. The molecule has 0 aromatic heterocycles. The van der Waals surface area contributed by atoms with Gasteiger partial charge in [-0.2, -0.15) is 0 Å². The summed E-state index contributed by atoms with van der Waals surface area (Å²) in [6, 6.07) is 36.4. The predicted molar refractivity (Wildman–Crippen MR) is 107 cm³/mol. The Morgan fingerprint density at radius 3 is 0.926 bits per heavy atom. The third-order valence-electron chi connectivity index (χ3n) is 6.00. The molecule has 0 heterocycles. The molecule has 2 aliphatic rings. The molecule has 0 aliphatic heterocycles. The molecule has 27 heavy (non-hydrogen) atoms. The van der Waals surface area contributed by atoms with Crippen LogP contribution in [0.5, 0.6) is 0 Å². The van der Waals surface area contributed by atoms with Gasteiger partial charge < -0.3 is 0 Å². The molecule has 0 spiro atoms.